The van der Waals surface area contributed by atoms with Gasteiger partial charge in [0.25, 0.3) is 0 Å². The molecule has 2 aromatic rings. The molecule has 0 saturated carbocycles. The summed E-state index contributed by atoms with van der Waals surface area (Å²) in [4.78, 5) is 16.2. The summed E-state index contributed by atoms with van der Waals surface area (Å²) in [5.41, 5.74) is 0. The third-order valence-corrected chi connectivity index (χ3v) is 3.99. The van der Waals surface area contributed by atoms with Crippen LogP contribution in [0.15, 0.2) is 18.5 Å². The number of pyridine rings is 1. The van der Waals surface area contributed by atoms with E-state index in [4.69, 9.17) is 14.2 Å². The molecule has 0 radical (unpaired) electrons. The van der Waals surface area contributed by atoms with Crippen LogP contribution >= 0.6 is 11.3 Å². The van der Waals surface area contributed by atoms with Crippen LogP contribution in [0.1, 0.15) is 22.5 Å². The van der Waals surface area contributed by atoms with E-state index < -0.39 is 0 Å². The number of hydrogen-bond donors (Lipinski definition) is 0. The van der Waals surface area contributed by atoms with Crippen LogP contribution in [0, 0.1) is 0 Å². The van der Waals surface area contributed by atoms with Crippen molar-refractivity contribution >= 4 is 27.4 Å². The Morgan fingerprint density at radius 2 is 2.42 bits per heavy atom. The predicted octanol–water partition coefficient (Wildman–Crippen LogP) is 2.60. The quantitative estimate of drug-likeness (QED) is 0.808. The minimum absolute atomic E-state index is 0.214. The first-order valence-corrected chi connectivity index (χ1v) is 6.83. The van der Waals surface area contributed by atoms with Gasteiger partial charge in [-0.3, -0.25) is 4.98 Å². The third-order valence-electron chi connectivity index (χ3n) is 2.94. The zero-order chi connectivity index (χ0) is 13.2. The first kappa shape index (κ1) is 12.4. The van der Waals surface area contributed by atoms with Gasteiger partial charge in [-0.05, 0) is 12.5 Å². The number of esters is 1. The molecule has 0 amide bonds. The zero-order valence-corrected chi connectivity index (χ0v) is 11.2. The molecule has 100 valence electrons. The fourth-order valence-electron chi connectivity index (χ4n) is 2.01. The number of thiophene rings is 1. The molecule has 6 heteroatoms. The lowest BCUT2D eigenvalue weighted by Gasteiger charge is -2.12. The van der Waals surface area contributed by atoms with Crippen molar-refractivity contribution in [1.29, 1.82) is 0 Å². The molecule has 0 N–H and O–H groups in total. The van der Waals surface area contributed by atoms with Gasteiger partial charge in [0.05, 0.1) is 24.6 Å². The first-order chi connectivity index (χ1) is 9.28. The Kier molecular flexibility index (Phi) is 3.35. The number of carbonyl (C=O) groups excluding carboxylic acids is 1. The second-order valence-corrected chi connectivity index (χ2v) is 5.30. The normalized spacial score (nSPS) is 18.7. The minimum atomic E-state index is -0.343. The van der Waals surface area contributed by atoms with Crippen molar-refractivity contribution in [1.82, 2.24) is 4.98 Å². The lowest BCUT2D eigenvalue weighted by Crippen LogP contribution is -2.14. The molecule has 1 aliphatic rings. The number of fused-ring (bicyclic) bond motifs is 1. The summed E-state index contributed by atoms with van der Waals surface area (Å²) in [5.74, 6) is 0.306. The Morgan fingerprint density at radius 3 is 3.16 bits per heavy atom. The van der Waals surface area contributed by atoms with Gasteiger partial charge in [0.15, 0.2) is 6.29 Å². The van der Waals surface area contributed by atoms with E-state index in [1.165, 1.54) is 18.4 Å². The molecule has 3 heterocycles. The van der Waals surface area contributed by atoms with Crippen LogP contribution in [-0.4, -0.2) is 31.0 Å². The van der Waals surface area contributed by atoms with Crippen LogP contribution < -0.4 is 4.74 Å². The first-order valence-electron chi connectivity index (χ1n) is 6.02. The molecule has 1 unspecified atom stereocenters. The van der Waals surface area contributed by atoms with Gasteiger partial charge in [-0.1, -0.05) is 0 Å². The fraction of sp³-hybridized carbons (Fsp3) is 0.385. The zero-order valence-electron chi connectivity index (χ0n) is 10.4. The molecule has 0 bridgehead atoms. The Morgan fingerprint density at radius 1 is 1.53 bits per heavy atom. The van der Waals surface area contributed by atoms with Crippen molar-refractivity contribution < 1.29 is 19.0 Å². The van der Waals surface area contributed by atoms with Crippen molar-refractivity contribution in [2.24, 2.45) is 0 Å². The number of rotatable bonds is 3. The molecule has 3 rings (SSSR count). The Labute approximate surface area is 114 Å². The van der Waals surface area contributed by atoms with Crippen LogP contribution in [0.25, 0.3) is 10.1 Å². The number of carbonyl (C=O) groups is 1. The van der Waals surface area contributed by atoms with E-state index in [1.54, 1.807) is 18.5 Å². The highest BCUT2D eigenvalue weighted by Crippen LogP contribution is 2.33. The molecular formula is C13H13NO4S. The molecule has 0 spiro atoms. The van der Waals surface area contributed by atoms with Gasteiger partial charge < -0.3 is 14.2 Å². The van der Waals surface area contributed by atoms with E-state index in [2.05, 4.69) is 4.98 Å². The fourth-order valence-corrected chi connectivity index (χ4v) is 2.98. The van der Waals surface area contributed by atoms with Gasteiger partial charge in [0.1, 0.15) is 10.6 Å². The van der Waals surface area contributed by atoms with Gasteiger partial charge in [-0.15, -0.1) is 11.3 Å². The molecule has 2 aromatic heterocycles. The molecule has 19 heavy (non-hydrogen) atoms. The topological polar surface area (TPSA) is 57.7 Å². The van der Waals surface area contributed by atoms with Crippen molar-refractivity contribution in [3.63, 3.8) is 0 Å². The van der Waals surface area contributed by atoms with Gasteiger partial charge in [-0.2, -0.15) is 0 Å². The summed E-state index contributed by atoms with van der Waals surface area (Å²) in [6, 6.07) is 1.78. The molecular weight excluding hydrogens is 266 g/mol. The van der Waals surface area contributed by atoms with Crippen molar-refractivity contribution in [3.05, 3.63) is 23.3 Å². The maximum atomic E-state index is 11.5. The summed E-state index contributed by atoms with van der Waals surface area (Å²) in [5, 5.41) is 0.871. The SMILES string of the molecule is COC(=O)c1cc2c(OC3CCCO3)cncc2s1. The Bertz CT molecular complexity index is 604. The van der Waals surface area contributed by atoms with Crippen molar-refractivity contribution in [3.8, 4) is 5.75 Å². The van der Waals surface area contributed by atoms with Crippen LogP contribution in [0.4, 0.5) is 0 Å². The molecule has 1 aliphatic heterocycles. The molecule has 1 fully saturated rings. The van der Waals surface area contributed by atoms with Crippen LogP contribution in [0.5, 0.6) is 5.75 Å². The van der Waals surface area contributed by atoms with Crippen molar-refractivity contribution in [2.45, 2.75) is 19.1 Å². The monoisotopic (exact) mass is 279 g/mol. The Balaban J connectivity index is 1.94. The number of hydrogen-bond acceptors (Lipinski definition) is 6. The van der Waals surface area contributed by atoms with E-state index in [9.17, 15) is 4.79 Å². The number of ether oxygens (including phenoxy) is 3. The smallest absolute Gasteiger partial charge is 0.348 e. The predicted molar refractivity (Wildman–Crippen MR) is 70.6 cm³/mol. The van der Waals surface area contributed by atoms with Crippen molar-refractivity contribution in [2.75, 3.05) is 13.7 Å². The molecule has 1 atom stereocenters. The summed E-state index contributed by atoms with van der Waals surface area (Å²) >= 11 is 1.34. The molecule has 0 aromatic carbocycles. The minimum Gasteiger partial charge on any atom is -0.465 e. The lowest BCUT2D eigenvalue weighted by molar-refractivity contribution is -0.0382. The summed E-state index contributed by atoms with van der Waals surface area (Å²) in [6.07, 6.45) is 5.04. The average molecular weight is 279 g/mol. The Hall–Kier alpha value is -1.66. The second-order valence-electron chi connectivity index (χ2n) is 4.21. The highest BCUT2D eigenvalue weighted by Gasteiger charge is 2.20. The van der Waals surface area contributed by atoms with Gasteiger partial charge in [0.2, 0.25) is 0 Å². The van der Waals surface area contributed by atoms with E-state index >= 15 is 0 Å². The standard InChI is InChI=1S/C13H13NO4S/c1-16-13(15)10-5-8-9(6-14-7-11(8)19-10)18-12-3-2-4-17-12/h5-7,12H,2-4H2,1H3. The van der Waals surface area contributed by atoms with Crippen LogP contribution in [-0.2, 0) is 9.47 Å². The van der Waals surface area contributed by atoms with Crippen LogP contribution in [0.2, 0.25) is 0 Å². The van der Waals surface area contributed by atoms with Gasteiger partial charge in [-0.25, -0.2) is 4.79 Å². The van der Waals surface area contributed by atoms with Crippen LogP contribution in [0.3, 0.4) is 0 Å². The maximum Gasteiger partial charge on any atom is 0.348 e. The maximum absolute atomic E-state index is 11.5. The van der Waals surface area contributed by atoms with E-state index in [-0.39, 0.29) is 12.3 Å². The third kappa shape index (κ3) is 2.41. The number of nitrogens with zero attached hydrogens (tertiary/aromatic N) is 1. The second kappa shape index (κ2) is 5.14. The highest BCUT2D eigenvalue weighted by molar-refractivity contribution is 7.20. The van der Waals surface area contributed by atoms with E-state index in [0.29, 0.717) is 10.6 Å². The largest absolute Gasteiger partial charge is 0.465 e. The molecule has 0 aliphatic carbocycles. The highest BCUT2D eigenvalue weighted by atomic mass is 32.1. The molecule has 1 saturated heterocycles. The molecule has 5 nitrogen and oxygen atoms in total. The summed E-state index contributed by atoms with van der Waals surface area (Å²) < 4.78 is 16.9. The van der Waals surface area contributed by atoms with E-state index in [1.807, 2.05) is 0 Å². The number of methoxy groups -OCH3 is 1. The average Bonchev–Trinajstić information content (AvgIpc) is 3.06. The van der Waals surface area contributed by atoms with E-state index in [0.717, 1.165) is 29.5 Å². The van der Waals surface area contributed by atoms with Gasteiger partial charge in [0, 0.05) is 18.0 Å². The summed E-state index contributed by atoms with van der Waals surface area (Å²) in [6.45, 7) is 0.727. The summed E-state index contributed by atoms with van der Waals surface area (Å²) in [7, 11) is 1.37. The lowest BCUT2D eigenvalue weighted by atomic mass is 10.3. The van der Waals surface area contributed by atoms with Gasteiger partial charge >= 0.3 is 5.97 Å². The number of aromatic nitrogens is 1.